The van der Waals surface area contributed by atoms with Crippen LogP contribution in [0.15, 0.2) is 35.3 Å². The van der Waals surface area contributed by atoms with Crippen molar-refractivity contribution in [1.82, 2.24) is 15.1 Å². The maximum Gasteiger partial charge on any atom is 0.194 e. The van der Waals surface area contributed by atoms with E-state index in [1.165, 1.54) is 5.56 Å². The van der Waals surface area contributed by atoms with Crippen molar-refractivity contribution in [2.45, 2.75) is 39.4 Å². The Labute approximate surface area is 146 Å². The third-order valence-corrected chi connectivity index (χ3v) is 4.45. The van der Waals surface area contributed by atoms with E-state index in [4.69, 9.17) is 9.73 Å². The number of hydrogen-bond donors (Lipinski definition) is 1. The molecule has 1 aromatic carbocycles. The van der Waals surface area contributed by atoms with Crippen LogP contribution in [-0.4, -0.2) is 67.7 Å². The summed E-state index contributed by atoms with van der Waals surface area (Å²) < 4.78 is 5.53. The lowest BCUT2D eigenvalue weighted by atomic mass is 10.2. The number of ether oxygens (including phenoxy) is 1. The Morgan fingerprint density at radius 2 is 2.17 bits per heavy atom. The molecule has 0 spiro atoms. The van der Waals surface area contributed by atoms with Gasteiger partial charge in [0.1, 0.15) is 0 Å². The molecule has 134 valence electrons. The maximum atomic E-state index is 5.53. The zero-order valence-corrected chi connectivity index (χ0v) is 15.5. The minimum atomic E-state index is 0.419. The second-order valence-corrected chi connectivity index (χ2v) is 6.55. The van der Waals surface area contributed by atoms with E-state index in [0.717, 1.165) is 45.4 Å². The fourth-order valence-corrected chi connectivity index (χ4v) is 3.12. The summed E-state index contributed by atoms with van der Waals surface area (Å²) in [5.74, 6) is 0.967. The molecule has 1 heterocycles. The summed E-state index contributed by atoms with van der Waals surface area (Å²) in [5.41, 5.74) is 1.29. The molecule has 5 nitrogen and oxygen atoms in total. The van der Waals surface area contributed by atoms with Gasteiger partial charge in [0.25, 0.3) is 0 Å². The van der Waals surface area contributed by atoms with Gasteiger partial charge in [-0.3, -0.25) is 9.89 Å². The number of nitrogens with zero attached hydrogens (tertiary/aromatic N) is 3. The van der Waals surface area contributed by atoms with E-state index in [2.05, 4.69) is 67.2 Å². The number of rotatable bonds is 6. The van der Waals surface area contributed by atoms with E-state index in [-0.39, 0.29) is 0 Å². The summed E-state index contributed by atoms with van der Waals surface area (Å²) in [6.07, 6.45) is 0. The van der Waals surface area contributed by atoms with Gasteiger partial charge in [-0.15, -0.1) is 0 Å². The summed E-state index contributed by atoms with van der Waals surface area (Å²) in [5, 5.41) is 3.40. The molecule has 1 saturated heterocycles. The smallest absolute Gasteiger partial charge is 0.194 e. The van der Waals surface area contributed by atoms with Crippen LogP contribution in [0.2, 0.25) is 0 Å². The van der Waals surface area contributed by atoms with E-state index in [9.17, 15) is 0 Å². The second-order valence-electron chi connectivity index (χ2n) is 6.55. The van der Waals surface area contributed by atoms with Gasteiger partial charge >= 0.3 is 0 Å². The summed E-state index contributed by atoms with van der Waals surface area (Å²) >= 11 is 0. The molecule has 1 fully saturated rings. The maximum absolute atomic E-state index is 5.53. The Balaban J connectivity index is 1.96. The Bertz CT molecular complexity index is 505. The highest BCUT2D eigenvalue weighted by Gasteiger charge is 2.23. The van der Waals surface area contributed by atoms with Gasteiger partial charge in [-0.25, -0.2) is 0 Å². The van der Waals surface area contributed by atoms with Crippen molar-refractivity contribution in [3.8, 4) is 0 Å². The quantitative estimate of drug-likeness (QED) is 0.640. The Morgan fingerprint density at radius 1 is 1.42 bits per heavy atom. The summed E-state index contributed by atoms with van der Waals surface area (Å²) in [7, 11) is 2.09. The molecule has 1 N–H and O–H groups in total. The number of nitrogens with one attached hydrogen (secondary N) is 1. The topological polar surface area (TPSA) is 40.1 Å². The molecule has 0 bridgehead atoms. The van der Waals surface area contributed by atoms with Crippen molar-refractivity contribution in [3.63, 3.8) is 0 Å². The van der Waals surface area contributed by atoms with Crippen molar-refractivity contribution < 1.29 is 4.74 Å². The first-order valence-electron chi connectivity index (χ1n) is 8.98. The van der Waals surface area contributed by atoms with Gasteiger partial charge in [-0.05, 0) is 26.3 Å². The van der Waals surface area contributed by atoms with Crippen LogP contribution in [0, 0.1) is 0 Å². The molecule has 2 atom stereocenters. The molecular weight excluding hydrogens is 300 g/mol. The average molecular weight is 332 g/mol. The SMILES string of the molecule is CCNC(=NCC(C)N1CCOCC1C)N(C)Cc1ccccc1. The van der Waals surface area contributed by atoms with Crippen LogP contribution in [0.25, 0.3) is 0 Å². The normalized spacial score (nSPS) is 20.7. The van der Waals surface area contributed by atoms with Gasteiger partial charge in [0.05, 0.1) is 19.8 Å². The second kappa shape index (κ2) is 9.64. The van der Waals surface area contributed by atoms with E-state index in [0.29, 0.717) is 12.1 Å². The van der Waals surface area contributed by atoms with Crippen molar-refractivity contribution in [3.05, 3.63) is 35.9 Å². The highest BCUT2D eigenvalue weighted by atomic mass is 16.5. The number of guanidine groups is 1. The first kappa shape index (κ1) is 18.7. The van der Waals surface area contributed by atoms with Gasteiger partial charge in [0, 0.05) is 38.8 Å². The first-order valence-corrected chi connectivity index (χ1v) is 8.98. The Kier molecular flexibility index (Phi) is 7.53. The third kappa shape index (κ3) is 5.49. The molecule has 0 saturated carbocycles. The van der Waals surface area contributed by atoms with Crippen molar-refractivity contribution in [2.75, 3.05) is 39.9 Å². The number of aliphatic imine (C=N–C) groups is 1. The summed E-state index contributed by atoms with van der Waals surface area (Å²) in [6, 6.07) is 11.4. The standard InChI is InChI=1S/C19H32N4O/c1-5-20-19(22(4)14-18-9-7-6-8-10-18)21-13-16(2)23-11-12-24-15-17(23)3/h6-10,16-17H,5,11-15H2,1-4H3,(H,20,21). The molecule has 1 aliphatic rings. The fourth-order valence-electron chi connectivity index (χ4n) is 3.12. The zero-order chi connectivity index (χ0) is 17.4. The molecule has 2 unspecified atom stereocenters. The molecule has 0 aliphatic carbocycles. The largest absolute Gasteiger partial charge is 0.379 e. The van der Waals surface area contributed by atoms with Crippen LogP contribution in [-0.2, 0) is 11.3 Å². The predicted octanol–water partition coefficient (Wildman–Crippen LogP) is 2.19. The Hall–Kier alpha value is -1.59. The third-order valence-electron chi connectivity index (χ3n) is 4.45. The van der Waals surface area contributed by atoms with Crippen molar-refractivity contribution >= 4 is 5.96 Å². The highest BCUT2D eigenvalue weighted by molar-refractivity contribution is 5.79. The molecule has 0 amide bonds. The zero-order valence-electron chi connectivity index (χ0n) is 15.5. The lowest BCUT2D eigenvalue weighted by Crippen LogP contribution is -2.49. The van der Waals surface area contributed by atoms with E-state index >= 15 is 0 Å². The molecule has 0 aromatic heterocycles. The van der Waals surface area contributed by atoms with Crippen LogP contribution in [0.5, 0.6) is 0 Å². The molecule has 0 radical (unpaired) electrons. The number of hydrogen-bond acceptors (Lipinski definition) is 3. The summed E-state index contributed by atoms with van der Waals surface area (Å²) in [6.45, 7) is 11.8. The minimum Gasteiger partial charge on any atom is -0.379 e. The molecule has 1 aliphatic heterocycles. The van der Waals surface area contributed by atoms with E-state index < -0.39 is 0 Å². The lowest BCUT2D eigenvalue weighted by Gasteiger charge is -2.37. The van der Waals surface area contributed by atoms with Crippen LogP contribution >= 0.6 is 0 Å². The molecular formula is C19H32N4O. The molecule has 2 rings (SSSR count). The number of benzene rings is 1. The number of morpholine rings is 1. The van der Waals surface area contributed by atoms with E-state index in [1.54, 1.807) is 0 Å². The van der Waals surface area contributed by atoms with Gasteiger partial charge in [-0.2, -0.15) is 0 Å². The average Bonchev–Trinajstić information content (AvgIpc) is 2.59. The minimum absolute atomic E-state index is 0.419. The van der Waals surface area contributed by atoms with Crippen molar-refractivity contribution in [1.29, 1.82) is 0 Å². The summed E-state index contributed by atoms with van der Waals surface area (Å²) in [4.78, 5) is 9.55. The lowest BCUT2D eigenvalue weighted by molar-refractivity contribution is -0.0166. The molecule has 24 heavy (non-hydrogen) atoms. The predicted molar refractivity (Wildman–Crippen MR) is 100 cm³/mol. The van der Waals surface area contributed by atoms with Gasteiger partial charge < -0.3 is 15.0 Å². The molecule has 5 heteroatoms. The van der Waals surface area contributed by atoms with Crippen LogP contribution in [0.1, 0.15) is 26.3 Å². The fraction of sp³-hybridized carbons (Fsp3) is 0.632. The molecule has 1 aromatic rings. The van der Waals surface area contributed by atoms with Crippen LogP contribution < -0.4 is 5.32 Å². The Morgan fingerprint density at radius 3 is 2.83 bits per heavy atom. The van der Waals surface area contributed by atoms with Crippen LogP contribution in [0.4, 0.5) is 0 Å². The monoisotopic (exact) mass is 332 g/mol. The highest BCUT2D eigenvalue weighted by Crippen LogP contribution is 2.11. The van der Waals surface area contributed by atoms with Crippen LogP contribution in [0.3, 0.4) is 0 Å². The van der Waals surface area contributed by atoms with E-state index in [1.807, 2.05) is 6.07 Å². The first-order chi connectivity index (χ1) is 11.6. The van der Waals surface area contributed by atoms with Gasteiger partial charge in [0.15, 0.2) is 5.96 Å². The van der Waals surface area contributed by atoms with Crippen molar-refractivity contribution in [2.24, 2.45) is 4.99 Å². The van der Waals surface area contributed by atoms with Gasteiger partial charge in [0.2, 0.25) is 0 Å². The van der Waals surface area contributed by atoms with Gasteiger partial charge in [-0.1, -0.05) is 30.3 Å².